The first-order valence-electron chi connectivity index (χ1n) is 6.22. The van der Waals surface area contributed by atoms with E-state index in [0.717, 1.165) is 24.2 Å². The summed E-state index contributed by atoms with van der Waals surface area (Å²) in [5, 5.41) is 3.97. The second-order valence-corrected chi connectivity index (χ2v) is 4.34. The molecule has 0 aromatic carbocycles. The van der Waals surface area contributed by atoms with Gasteiger partial charge in [-0.1, -0.05) is 24.6 Å². The molecule has 0 spiro atoms. The predicted molar refractivity (Wildman–Crippen MR) is 69.0 cm³/mol. The van der Waals surface area contributed by atoms with Gasteiger partial charge >= 0.3 is 0 Å². The van der Waals surface area contributed by atoms with Crippen molar-refractivity contribution in [1.82, 2.24) is 15.1 Å². The largest absolute Gasteiger partial charge is 0.339 e. The lowest BCUT2D eigenvalue weighted by atomic mass is 10.0. The molecule has 0 radical (unpaired) electrons. The third-order valence-corrected chi connectivity index (χ3v) is 2.83. The van der Waals surface area contributed by atoms with Crippen LogP contribution in [0.25, 0.3) is 11.5 Å². The van der Waals surface area contributed by atoms with E-state index < -0.39 is 0 Å². The fourth-order valence-corrected chi connectivity index (χ4v) is 1.86. The van der Waals surface area contributed by atoms with Crippen LogP contribution < -0.4 is 5.73 Å². The molecule has 0 amide bonds. The second-order valence-electron chi connectivity index (χ2n) is 4.34. The molecule has 0 saturated carbocycles. The maximum absolute atomic E-state index is 5.72. The van der Waals surface area contributed by atoms with Gasteiger partial charge in [0.1, 0.15) is 5.69 Å². The number of nitrogens with two attached hydrogens (primary N) is 1. The molecule has 0 bridgehead atoms. The molecule has 5 heteroatoms. The number of hydrogen-bond donors (Lipinski definition) is 1. The number of nitrogens with zero attached hydrogens (tertiary/aromatic N) is 3. The van der Waals surface area contributed by atoms with Crippen LogP contribution in [0.2, 0.25) is 0 Å². The Kier molecular flexibility index (Phi) is 4.04. The number of rotatable bonds is 5. The van der Waals surface area contributed by atoms with Crippen molar-refractivity contribution in [3.05, 3.63) is 29.8 Å². The molecule has 0 saturated heterocycles. The molecule has 96 valence electrons. The number of hydrogen-bond acceptors (Lipinski definition) is 5. The zero-order valence-corrected chi connectivity index (χ0v) is 10.8. The fraction of sp³-hybridized carbons (Fsp3) is 0.462. The van der Waals surface area contributed by atoms with Gasteiger partial charge in [0.2, 0.25) is 11.7 Å². The van der Waals surface area contributed by atoms with Crippen LogP contribution in [0.4, 0.5) is 0 Å². The van der Waals surface area contributed by atoms with Gasteiger partial charge in [0, 0.05) is 12.2 Å². The summed E-state index contributed by atoms with van der Waals surface area (Å²) in [6.07, 6.45) is 2.00. The maximum atomic E-state index is 5.72. The van der Waals surface area contributed by atoms with Crippen molar-refractivity contribution in [3.63, 3.8) is 0 Å². The lowest BCUT2D eigenvalue weighted by molar-refractivity contribution is 0.347. The van der Waals surface area contributed by atoms with Crippen molar-refractivity contribution in [3.8, 4) is 11.5 Å². The SMILES string of the molecule is CCCC(CN)c1nc(-c2cccc(C)n2)no1. The third-order valence-electron chi connectivity index (χ3n) is 2.83. The number of pyridine rings is 1. The molecule has 2 aromatic heterocycles. The van der Waals surface area contributed by atoms with Crippen LogP contribution in [0.1, 0.15) is 37.3 Å². The van der Waals surface area contributed by atoms with E-state index in [4.69, 9.17) is 10.3 Å². The smallest absolute Gasteiger partial charge is 0.231 e. The zero-order valence-electron chi connectivity index (χ0n) is 10.8. The highest BCUT2D eigenvalue weighted by Crippen LogP contribution is 2.21. The fourth-order valence-electron chi connectivity index (χ4n) is 1.86. The quantitative estimate of drug-likeness (QED) is 0.875. The Morgan fingerprint density at radius 1 is 1.33 bits per heavy atom. The summed E-state index contributed by atoms with van der Waals surface area (Å²) < 4.78 is 5.28. The highest BCUT2D eigenvalue weighted by molar-refractivity contribution is 5.48. The van der Waals surface area contributed by atoms with Gasteiger partial charge in [-0.15, -0.1) is 0 Å². The normalized spacial score (nSPS) is 12.6. The molecule has 2 N–H and O–H groups in total. The lowest BCUT2D eigenvalue weighted by Crippen LogP contribution is -2.12. The van der Waals surface area contributed by atoms with E-state index in [9.17, 15) is 0 Å². The van der Waals surface area contributed by atoms with E-state index >= 15 is 0 Å². The molecule has 5 nitrogen and oxygen atoms in total. The van der Waals surface area contributed by atoms with Gasteiger partial charge in [-0.2, -0.15) is 4.98 Å². The topological polar surface area (TPSA) is 77.8 Å². The molecule has 2 aromatic rings. The van der Waals surface area contributed by atoms with E-state index in [1.807, 2.05) is 25.1 Å². The molecule has 0 aliphatic carbocycles. The first kappa shape index (κ1) is 12.7. The molecule has 2 heterocycles. The number of aromatic nitrogens is 3. The first-order valence-corrected chi connectivity index (χ1v) is 6.22. The van der Waals surface area contributed by atoms with Crippen LogP contribution in [0.3, 0.4) is 0 Å². The average molecular weight is 246 g/mol. The van der Waals surface area contributed by atoms with E-state index in [1.54, 1.807) is 0 Å². The Labute approximate surface area is 106 Å². The Bertz CT molecular complexity index is 509. The average Bonchev–Trinajstić information content (AvgIpc) is 2.85. The van der Waals surface area contributed by atoms with Crippen LogP contribution in [-0.2, 0) is 0 Å². The molecule has 0 aliphatic heterocycles. The lowest BCUT2D eigenvalue weighted by Gasteiger charge is -2.06. The molecule has 1 atom stereocenters. The minimum Gasteiger partial charge on any atom is -0.339 e. The highest BCUT2D eigenvalue weighted by Gasteiger charge is 2.17. The predicted octanol–water partition coefficient (Wildman–Crippen LogP) is 2.28. The van der Waals surface area contributed by atoms with Gasteiger partial charge in [0.25, 0.3) is 0 Å². The van der Waals surface area contributed by atoms with Crippen LogP contribution >= 0.6 is 0 Å². The molecule has 1 unspecified atom stereocenters. The molecule has 0 aliphatic rings. The van der Waals surface area contributed by atoms with E-state index in [0.29, 0.717) is 18.3 Å². The summed E-state index contributed by atoms with van der Waals surface area (Å²) in [6, 6.07) is 5.74. The van der Waals surface area contributed by atoms with Crippen LogP contribution in [0.5, 0.6) is 0 Å². The van der Waals surface area contributed by atoms with Crippen molar-refractivity contribution >= 4 is 0 Å². The summed E-state index contributed by atoms with van der Waals surface area (Å²) in [5.74, 6) is 1.28. The van der Waals surface area contributed by atoms with Crippen molar-refractivity contribution in [2.45, 2.75) is 32.6 Å². The minimum absolute atomic E-state index is 0.140. The molecular weight excluding hydrogens is 228 g/mol. The standard InChI is InChI=1S/C13H18N4O/c1-3-5-10(8-14)13-16-12(17-18-13)11-7-4-6-9(2)15-11/h4,6-7,10H,3,5,8,14H2,1-2H3. The summed E-state index contributed by atoms with van der Waals surface area (Å²) in [7, 11) is 0. The zero-order chi connectivity index (χ0) is 13.0. The van der Waals surface area contributed by atoms with Gasteiger partial charge in [0.05, 0.1) is 5.92 Å². The van der Waals surface area contributed by atoms with E-state index in [1.165, 1.54) is 0 Å². The number of aryl methyl sites for hydroxylation is 1. The summed E-state index contributed by atoms with van der Waals surface area (Å²) in [4.78, 5) is 8.76. The van der Waals surface area contributed by atoms with Gasteiger partial charge in [-0.05, 0) is 25.5 Å². The van der Waals surface area contributed by atoms with Crippen molar-refractivity contribution in [1.29, 1.82) is 0 Å². The monoisotopic (exact) mass is 246 g/mol. The van der Waals surface area contributed by atoms with Crippen LogP contribution in [0, 0.1) is 6.92 Å². The van der Waals surface area contributed by atoms with E-state index in [2.05, 4.69) is 22.0 Å². The Morgan fingerprint density at radius 2 is 2.17 bits per heavy atom. The molecule has 0 fully saturated rings. The van der Waals surface area contributed by atoms with Crippen molar-refractivity contribution < 1.29 is 4.52 Å². The first-order chi connectivity index (χ1) is 8.74. The van der Waals surface area contributed by atoms with Gasteiger partial charge < -0.3 is 10.3 Å². The second kappa shape index (κ2) is 5.73. The van der Waals surface area contributed by atoms with Gasteiger partial charge in [-0.25, -0.2) is 4.98 Å². The van der Waals surface area contributed by atoms with Gasteiger partial charge in [-0.3, -0.25) is 0 Å². The summed E-state index contributed by atoms with van der Waals surface area (Å²) in [5.41, 5.74) is 7.39. The maximum Gasteiger partial charge on any atom is 0.231 e. The summed E-state index contributed by atoms with van der Waals surface area (Å²) in [6.45, 7) is 4.57. The Morgan fingerprint density at radius 3 is 2.83 bits per heavy atom. The van der Waals surface area contributed by atoms with Crippen LogP contribution in [-0.4, -0.2) is 21.7 Å². The third kappa shape index (κ3) is 2.73. The Balaban J connectivity index is 2.24. The summed E-state index contributed by atoms with van der Waals surface area (Å²) >= 11 is 0. The Hall–Kier alpha value is -1.75. The molecular formula is C13H18N4O. The van der Waals surface area contributed by atoms with Crippen molar-refractivity contribution in [2.75, 3.05) is 6.54 Å². The van der Waals surface area contributed by atoms with Gasteiger partial charge in [0.15, 0.2) is 0 Å². The van der Waals surface area contributed by atoms with Crippen LogP contribution in [0.15, 0.2) is 22.7 Å². The highest BCUT2D eigenvalue weighted by atomic mass is 16.5. The van der Waals surface area contributed by atoms with Crippen molar-refractivity contribution in [2.24, 2.45) is 5.73 Å². The molecule has 18 heavy (non-hydrogen) atoms. The van der Waals surface area contributed by atoms with E-state index in [-0.39, 0.29) is 5.92 Å². The minimum atomic E-state index is 0.140. The molecule has 2 rings (SSSR count).